The first-order chi connectivity index (χ1) is 17.9. The van der Waals surface area contributed by atoms with E-state index in [0.29, 0.717) is 31.3 Å². The van der Waals surface area contributed by atoms with E-state index in [2.05, 4.69) is 34.5 Å². The maximum Gasteiger partial charge on any atom is 0.257 e. The molecule has 9 nitrogen and oxygen atoms in total. The van der Waals surface area contributed by atoms with Gasteiger partial charge in [0.2, 0.25) is 5.91 Å². The Kier molecular flexibility index (Phi) is 10.0. The number of hydrazine groups is 1. The first kappa shape index (κ1) is 28.8. The van der Waals surface area contributed by atoms with Crippen LogP contribution in [-0.2, 0) is 22.7 Å². The van der Waals surface area contributed by atoms with Crippen molar-refractivity contribution in [3.05, 3.63) is 65.0 Å². The van der Waals surface area contributed by atoms with Gasteiger partial charge in [0.05, 0.1) is 13.1 Å². The molecule has 0 fully saturated rings. The molecule has 2 heterocycles. The molecule has 2 aromatic carbocycles. The average Bonchev–Trinajstić information content (AvgIpc) is 3.52. The summed E-state index contributed by atoms with van der Waals surface area (Å²) in [6.45, 7) is 8.04. The number of carbonyl (C=O) groups is 2. The zero-order valence-electron chi connectivity index (χ0n) is 22.2. The topological polar surface area (TPSA) is 94.8 Å². The van der Waals surface area contributed by atoms with Gasteiger partial charge in [-0.15, -0.1) is 0 Å². The summed E-state index contributed by atoms with van der Waals surface area (Å²) in [5.74, 6) is 0.825. The van der Waals surface area contributed by atoms with Crippen molar-refractivity contribution in [2.75, 3.05) is 31.6 Å². The third kappa shape index (κ3) is 6.98. The number of likely N-dealkylation sites (N-methyl/N-ethyl adjacent to an activating group) is 1. The summed E-state index contributed by atoms with van der Waals surface area (Å²) in [5, 5.41) is 10.6. The molecule has 0 unspecified atom stereocenters. The van der Waals surface area contributed by atoms with Crippen molar-refractivity contribution >= 4 is 17.5 Å². The van der Waals surface area contributed by atoms with E-state index in [0.717, 1.165) is 36.1 Å². The van der Waals surface area contributed by atoms with Crippen LogP contribution in [0.3, 0.4) is 0 Å². The summed E-state index contributed by atoms with van der Waals surface area (Å²) in [7, 11) is 1.80. The van der Waals surface area contributed by atoms with Gasteiger partial charge in [0.1, 0.15) is 0 Å². The van der Waals surface area contributed by atoms with Crippen molar-refractivity contribution in [3.8, 4) is 11.5 Å². The van der Waals surface area contributed by atoms with Crippen LogP contribution in [0.2, 0.25) is 0 Å². The quantitative estimate of drug-likeness (QED) is 0.372. The number of fused-ring (bicyclic) bond motifs is 1. The Morgan fingerprint density at radius 1 is 1.05 bits per heavy atom. The molecule has 1 aliphatic heterocycles. The van der Waals surface area contributed by atoms with Crippen LogP contribution in [0.25, 0.3) is 11.5 Å². The Balaban J connectivity index is 0.00000400. The Labute approximate surface area is 225 Å². The van der Waals surface area contributed by atoms with Gasteiger partial charge in [-0.3, -0.25) is 14.6 Å². The van der Waals surface area contributed by atoms with E-state index in [9.17, 15) is 9.59 Å². The number of aryl methyl sites for hydroxylation is 2. The highest BCUT2D eigenvalue weighted by atomic mass is 16.5. The minimum absolute atomic E-state index is 0. The summed E-state index contributed by atoms with van der Waals surface area (Å²) >= 11 is 0. The second kappa shape index (κ2) is 13.2. The second-order valence-electron chi connectivity index (χ2n) is 9.57. The molecule has 0 bridgehead atoms. The van der Waals surface area contributed by atoms with Gasteiger partial charge in [0, 0.05) is 37.9 Å². The van der Waals surface area contributed by atoms with E-state index in [1.807, 2.05) is 47.2 Å². The normalized spacial score (nSPS) is 12.5. The number of rotatable bonds is 11. The highest BCUT2D eigenvalue weighted by Gasteiger charge is 2.27. The summed E-state index contributed by atoms with van der Waals surface area (Å²) in [4.78, 5) is 32.4. The molecule has 1 aliphatic rings. The number of hydrogen-bond donors (Lipinski definition) is 1. The fraction of sp³-hybridized carbons (Fsp3) is 0.448. The molecule has 2 amide bonds. The second-order valence-corrected chi connectivity index (χ2v) is 9.57. The number of benzene rings is 2. The lowest BCUT2D eigenvalue weighted by molar-refractivity contribution is -0.145. The van der Waals surface area contributed by atoms with Gasteiger partial charge >= 0.3 is 0 Å². The van der Waals surface area contributed by atoms with Gasteiger partial charge in [-0.2, -0.15) is 4.98 Å². The Morgan fingerprint density at radius 3 is 2.37 bits per heavy atom. The van der Waals surface area contributed by atoms with Gasteiger partial charge in [-0.25, -0.2) is 5.01 Å². The summed E-state index contributed by atoms with van der Waals surface area (Å²) in [6.07, 6.45) is 3.10. The maximum atomic E-state index is 13.4. The van der Waals surface area contributed by atoms with Gasteiger partial charge in [-0.1, -0.05) is 56.6 Å². The smallest absolute Gasteiger partial charge is 0.257 e. The number of amides is 2. The molecule has 0 saturated carbocycles. The number of nitrogens with zero attached hydrogens (tertiary/aromatic N) is 5. The number of aromatic nitrogens is 2. The Morgan fingerprint density at radius 2 is 1.76 bits per heavy atom. The Bertz CT molecular complexity index is 1220. The molecule has 0 aliphatic carbocycles. The maximum absolute atomic E-state index is 13.4. The lowest BCUT2D eigenvalue weighted by Crippen LogP contribution is -2.48. The van der Waals surface area contributed by atoms with Gasteiger partial charge in [0.15, 0.2) is 5.82 Å². The fourth-order valence-corrected chi connectivity index (χ4v) is 4.57. The number of carbonyl (C=O) groups excluding carboxylic acids is 2. The summed E-state index contributed by atoms with van der Waals surface area (Å²) in [5.41, 5.74) is 4.98. The Hall–Kier alpha value is -3.72. The van der Waals surface area contributed by atoms with E-state index in [1.54, 1.807) is 19.0 Å². The van der Waals surface area contributed by atoms with E-state index >= 15 is 0 Å². The highest BCUT2D eigenvalue weighted by molar-refractivity contribution is 5.87. The molecule has 1 N–H and O–H groups in total. The average molecular weight is 521 g/mol. The lowest BCUT2D eigenvalue weighted by Gasteiger charge is -2.32. The zero-order valence-corrected chi connectivity index (χ0v) is 22.2. The number of anilines is 1. The molecule has 3 aromatic rings. The van der Waals surface area contributed by atoms with E-state index < -0.39 is 0 Å². The molecular weight excluding hydrogens is 480 g/mol. The predicted molar refractivity (Wildman–Crippen MR) is 149 cm³/mol. The molecule has 0 spiro atoms. The molecule has 4 rings (SSSR count). The SMILES string of the molecule is C.CCCCCNC(=O)CN(CC(=O)N(C)N1Cc2ccccc2C1)c1ccc(-c2nc(C)no2)cc1C. The molecule has 1 aromatic heterocycles. The lowest BCUT2D eigenvalue weighted by atomic mass is 10.1. The summed E-state index contributed by atoms with van der Waals surface area (Å²) < 4.78 is 5.31. The number of unbranched alkanes of at least 4 members (excludes halogenated alkanes) is 2. The van der Waals surface area contributed by atoms with Gasteiger partial charge in [0.25, 0.3) is 11.8 Å². The first-order valence-electron chi connectivity index (χ1n) is 12.9. The van der Waals surface area contributed by atoms with Crippen molar-refractivity contribution in [3.63, 3.8) is 0 Å². The van der Waals surface area contributed by atoms with E-state index in [4.69, 9.17) is 4.52 Å². The van der Waals surface area contributed by atoms with Crippen LogP contribution in [0.4, 0.5) is 5.69 Å². The highest BCUT2D eigenvalue weighted by Crippen LogP contribution is 2.27. The van der Waals surface area contributed by atoms with Crippen molar-refractivity contribution in [2.45, 2.75) is 60.5 Å². The standard InChI is InChI=1S/C28H36N6O3.CH4/c1-5-6-9-14-29-26(35)18-33(25-13-12-22(15-20(25)2)28-30-21(3)31-37-28)19-27(36)32(4)34-16-23-10-7-8-11-24(23)17-34;/h7-8,10-13,15H,5-6,9,14,16-19H2,1-4H3,(H,29,35);1H4. The molecule has 0 atom stereocenters. The van der Waals surface area contributed by atoms with E-state index in [1.165, 1.54) is 11.1 Å². The van der Waals surface area contributed by atoms with Crippen LogP contribution in [0, 0.1) is 13.8 Å². The zero-order chi connectivity index (χ0) is 26.4. The molecule has 9 heteroatoms. The van der Waals surface area contributed by atoms with Crippen molar-refractivity contribution < 1.29 is 14.1 Å². The monoisotopic (exact) mass is 520 g/mol. The third-order valence-electron chi connectivity index (χ3n) is 6.68. The third-order valence-corrected chi connectivity index (χ3v) is 6.68. The van der Waals surface area contributed by atoms with E-state index in [-0.39, 0.29) is 32.3 Å². The molecular formula is C29H40N6O3. The van der Waals surface area contributed by atoms with Crippen LogP contribution in [-0.4, -0.2) is 58.7 Å². The van der Waals surface area contributed by atoms with Crippen LogP contribution >= 0.6 is 0 Å². The van der Waals surface area contributed by atoms with Gasteiger partial charge < -0.3 is 14.7 Å². The molecule has 0 saturated heterocycles. The first-order valence-corrected chi connectivity index (χ1v) is 12.9. The molecule has 0 radical (unpaired) electrons. The van der Waals surface area contributed by atoms with Crippen molar-refractivity contribution in [1.29, 1.82) is 0 Å². The van der Waals surface area contributed by atoms with Crippen LogP contribution < -0.4 is 10.2 Å². The van der Waals surface area contributed by atoms with Crippen LogP contribution in [0.5, 0.6) is 0 Å². The minimum Gasteiger partial charge on any atom is -0.355 e. The summed E-state index contributed by atoms with van der Waals surface area (Å²) in [6, 6.07) is 14.0. The number of hydrogen-bond acceptors (Lipinski definition) is 7. The fourth-order valence-electron chi connectivity index (χ4n) is 4.57. The van der Waals surface area contributed by atoms with Crippen molar-refractivity contribution in [1.82, 2.24) is 25.5 Å². The number of nitrogens with one attached hydrogen (secondary N) is 1. The molecule has 204 valence electrons. The van der Waals surface area contributed by atoms with Crippen molar-refractivity contribution in [2.24, 2.45) is 0 Å². The largest absolute Gasteiger partial charge is 0.355 e. The molecule has 38 heavy (non-hydrogen) atoms. The predicted octanol–water partition coefficient (Wildman–Crippen LogP) is 4.49. The minimum atomic E-state index is -0.101. The van der Waals surface area contributed by atoms with Crippen LogP contribution in [0.15, 0.2) is 47.0 Å². The van der Waals surface area contributed by atoms with Gasteiger partial charge in [-0.05, 0) is 55.2 Å². The van der Waals surface area contributed by atoms with Crippen LogP contribution in [0.1, 0.15) is 56.1 Å².